The van der Waals surface area contributed by atoms with Gasteiger partial charge in [-0.3, -0.25) is 5.32 Å². The number of carboxylic acids is 1. The van der Waals surface area contributed by atoms with Gasteiger partial charge < -0.3 is 9.84 Å². The molecule has 1 aliphatic carbocycles. The van der Waals surface area contributed by atoms with E-state index in [0.29, 0.717) is 6.61 Å². The highest BCUT2D eigenvalue weighted by molar-refractivity contribution is 6.05. The maximum absolute atomic E-state index is 12.2. The Hall–Kier alpha value is -1.10. The van der Waals surface area contributed by atoms with E-state index < -0.39 is 17.5 Å². The van der Waals surface area contributed by atoms with E-state index in [2.05, 4.69) is 5.32 Å². The molecule has 3 rings (SSSR count). The number of ether oxygens (including phenoxy) is 1. The Bertz CT molecular complexity index is 336. The first-order chi connectivity index (χ1) is 8.61. The molecule has 0 spiro atoms. The molecule has 102 valence electrons. The molecule has 1 saturated carbocycles. The van der Waals surface area contributed by atoms with Crippen molar-refractivity contribution < 1.29 is 19.4 Å². The minimum absolute atomic E-state index is 0.130. The van der Waals surface area contributed by atoms with Crippen molar-refractivity contribution in [3.05, 3.63) is 0 Å². The third-order valence-electron chi connectivity index (χ3n) is 4.16. The van der Waals surface area contributed by atoms with Crippen molar-refractivity contribution in [3.8, 4) is 0 Å². The number of unbranched alkanes of at least 4 members (excludes halogenated alkanes) is 1. The third-order valence-corrected chi connectivity index (χ3v) is 4.16. The van der Waals surface area contributed by atoms with E-state index in [1.807, 2.05) is 6.92 Å². The lowest BCUT2D eigenvalue weighted by Crippen LogP contribution is -2.71. The number of aliphatic carboxylic acids is 1. The van der Waals surface area contributed by atoms with Crippen LogP contribution in [0.4, 0.5) is 0 Å². The second-order valence-electron chi connectivity index (χ2n) is 5.30. The summed E-state index contributed by atoms with van der Waals surface area (Å²) in [6.07, 6.45) is 5.21. The first-order valence-corrected chi connectivity index (χ1v) is 6.79. The number of piperidine rings is 2. The van der Waals surface area contributed by atoms with Crippen molar-refractivity contribution in [2.45, 2.75) is 57.0 Å². The average molecular weight is 255 g/mol. The highest BCUT2D eigenvalue weighted by atomic mass is 16.5. The number of carbonyl (C=O) groups excluding carboxylic acids is 1. The maximum Gasteiger partial charge on any atom is 0.338 e. The molecule has 0 aromatic carbocycles. The number of carboxylic acid groups (broad SMARTS) is 1. The zero-order chi connectivity index (χ0) is 13.2. The average Bonchev–Trinajstić information content (AvgIpc) is 2.39. The van der Waals surface area contributed by atoms with Crippen LogP contribution in [0.2, 0.25) is 0 Å². The van der Waals surface area contributed by atoms with E-state index in [9.17, 15) is 14.7 Å². The highest BCUT2D eigenvalue weighted by Gasteiger charge is 2.59. The Labute approximate surface area is 107 Å². The number of carbonyl (C=O) groups is 2. The number of fused-ring (bicyclic) bond motifs is 3. The van der Waals surface area contributed by atoms with E-state index in [1.54, 1.807) is 0 Å². The molecule has 0 aromatic heterocycles. The SMILES string of the molecule is CCCCOC(=O)C1(C(=O)O)NC2CCC1CC2. The van der Waals surface area contributed by atoms with Crippen LogP contribution in [0.25, 0.3) is 0 Å². The first-order valence-electron chi connectivity index (χ1n) is 6.79. The van der Waals surface area contributed by atoms with Crippen LogP contribution in [0.15, 0.2) is 0 Å². The Morgan fingerprint density at radius 3 is 2.44 bits per heavy atom. The van der Waals surface area contributed by atoms with Crippen LogP contribution in [0.1, 0.15) is 45.4 Å². The summed E-state index contributed by atoms with van der Waals surface area (Å²) in [5.41, 5.74) is -1.49. The first kappa shape index (κ1) is 13.3. The zero-order valence-corrected chi connectivity index (χ0v) is 10.8. The standard InChI is InChI=1S/C13H21NO4/c1-2-3-8-18-12(17)13(11(15)16)9-4-6-10(14-13)7-5-9/h9-10,14H,2-8H2,1H3,(H,15,16). The molecule has 2 bridgehead atoms. The van der Waals surface area contributed by atoms with E-state index in [1.165, 1.54) is 0 Å². The molecule has 3 aliphatic rings. The van der Waals surface area contributed by atoms with Crippen molar-refractivity contribution in [2.24, 2.45) is 5.92 Å². The molecule has 1 atom stereocenters. The van der Waals surface area contributed by atoms with E-state index in [-0.39, 0.29) is 12.0 Å². The topological polar surface area (TPSA) is 75.6 Å². The summed E-state index contributed by atoms with van der Waals surface area (Å²) in [5, 5.41) is 12.5. The van der Waals surface area contributed by atoms with Crippen LogP contribution in [-0.2, 0) is 14.3 Å². The molecule has 2 saturated heterocycles. The molecule has 2 heterocycles. The monoisotopic (exact) mass is 255 g/mol. The third kappa shape index (κ3) is 2.11. The van der Waals surface area contributed by atoms with Crippen LogP contribution < -0.4 is 5.32 Å². The molecule has 5 heteroatoms. The lowest BCUT2D eigenvalue weighted by molar-refractivity contribution is -0.172. The summed E-state index contributed by atoms with van der Waals surface area (Å²) in [5.74, 6) is -1.81. The molecule has 18 heavy (non-hydrogen) atoms. The van der Waals surface area contributed by atoms with Crippen molar-refractivity contribution >= 4 is 11.9 Å². The molecule has 2 aliphatic heterocycles. The fourth-order valence-electron chi connectivity index (χ4n) is 3.08. The maximum atomic E-state index is 12.2. The minimum atomic E-state index is -1.49. The van der Waals surface area contributed by atoms with Gasteiger partial charge in [-0.25, -0.2) is 9.59 Å². The largest absolute Gasteiger partial charge is 0.479 e. The van der Waals surface area contributed by atoms with Crippen molar-refractivity contribution in [2.75, 3.05) is 6.61 Å². The number of hydrogen-bond acceptors (Lipinski definition) is 4. The Balaban J connectivity index is 2.12. The van der Waals surface area contributed by atoms with Crippen LogP contribution in [-0.4, -0.2) is 35.2 Å². The van der Waals surface area contributed by atoms with Gasteiger partial charge in [0.15, 0.2) is 0 Å². The van der Waals surface area contributed by atoms with Gasteiger partial charge in [-0.05, 0) is 38.0 Å². The quantitative estimate of drug-likeness (QED) is 0.440. The molecule has 5 nitrogen and oxygen atoms in total. The Kier molecular flexibility index (Phi) is 3.90. The Morgan fingerprint density at radius 1 is 1.33 bits per heavy atom. The molecule has 2 N–H and O–H groups in total. The fourth-order valence-corrected chi connectivity index (χ4v) is 3.08. The number of rotatable bonds is 5. The van der Waals surface area contributed by atoms with E-state index in [4.69, 9.17) is 4.74 Å². The number of nitrogens with one attached hydrogen (secondary N) is 1. The van der Waals surface area contributed by atoms with Gasteiger partial charge in [0.1, 0.15) is 0 Å². The predicted molar refractivity (Wildman–Crippen MR) is 65.1 cm³/mol. The van der Waals surface area contributed by atoms with Crippen LogP contribution >= 0.6 is 0 Å². The van der Waals surface area contributed by atoms with E-state index in [0.717, 1.165) is 38.5 Å². The highest BCUT2D eigenvalue weighted by Crippen LogP contribution is 2.40. The van der Waals surface area contributed by atoms with Gasteiger partial charge in [0.25, 0.3) is 0 Å². The molecule has 1 unspecified atom stereocenters. The molecule has 0 aromatic rings. The number of esters is 1. The van der Waals surface area contributed by atoms with Gasteiger partial charge in [-0.15, -0.1) is 0 Å². The van der Waals surface area contributed by atoms with Gasteiger partial charge in [0.05, 0.1) is 6.61 Å². The van der Waals surface area contributed by atoms with Crippen molar-refractivity contribution in [3.63, 3.8) is 0 Å². The van der Waals surface area contributed by atoms with Gasteiger partial charge in [0.2, 0.25) is 5.54 Å². The lowest BCUT2D eigenvalue weighted by atomic mass is 9.68. The molecule has 0 radical (unpaired) electrons. The minimum Gasteiger partial charge on any atom is -0.479 e. The number of hydrogen-bond donors (Lipinski definition) is 2. The molecule has 3 fully saturated rings. The van der Waals surface area contributed by atoms with Crippen LogP contribution in [0.5, 0.6) is 0 Å². The zero-order valence-electron chi connectivity index (χ0n) is 10.8. The Morgan fingerprint density at radius 2 is 2.00 bits per heavy atom. The van der Waals surface area contributed by atoms with Crippen LogP contribution in [0, 0.1) is 5.92 Å². The summed E-state index contributed by atoms with van der Waals surface area (Å²) in [6.45, 7) is 2.31. The smallest absolute Gasteiger partial charge is 0.338 e. The van der Waals surface area contributed by atoms with E-state index >= 15 is 0 Å². The van der Waals surface area contributed by atoms with Crippen molar-refractivity contribution in [1.29, 1.82) is 0 Å². The normalized spacial score (nSPS) is 34.3. The molecular weight excluding hydrogens is 234 g/mol. The summed E-state index contributed by atoms with van der Waals surface area (Å²) in [7, 11) is 0. The molecule has 0 amide bonds. The summed E-state index contributed by atoms with van der Waals surface area (Å²) in [6, 6.07) is 0.143. The van der Waals surface area contributed by atoms with Gasteiger partial charge in [-0.2, -0.15) is 0 Å². The fraction of sp³-hybridized carbons (Fsp3) is 0.846. The lowest BCUT2D eigenvalue weighted by Gasteiger charge is -2.48. The van der Waals surface area contributed by atoms with Crippen molar-refractivity contribution in [1.82, 2.24) is 5.32 Å². The summed E-state index contributed by atoms with van der Waals surface area (Å²) in [4.78, 5) is 23.7. The molecular formula is C13H21NO4. The predicted octanol–water partition coefficient (Wildman–Crippen LogP) is 1.32. The van der Waals surface area contributed by atoms with Gasteiger partial charge in [0, 0.05) is 6.04 Å². The van der Waals surface area contributed by atoms with Crippen LogP contribution in [0.3, 0.4) is 0 Å². The van der Waals surface area contributed by atoms with Gasteiger partial charge >= 0.3 is 11.9 Å². The second-order valence-corrected chi connectivity index (χ2v) is 5.30. The summed E-state index contributed by atoms with van der Waals surface area (Å²) >= 11 is 0. The second kappa shape index (κ2) is 5.26. The van der Waals surface area contributed by atoms with Gasteiger partial charge in [-0.1, -0.05) is 13.3 Å². The summed E-state index contributed by atoms with van der Waals surface area (Å²) < 4.78 is 5.16.